The Balaban J connectivity index is 2.73. The molecule has 0 fully saturated rings. The zero-order chi connectivity index (χ0) is 17.6. The van der Waals surface area contributed by atoms with Crippen molar-refractivity contribution in [2.24, 2.45) is 5.92 Å². The van der Waals surface area contributed by atoms with E-state index in [1.54, 1.807) is 36.1 Å². The van der Waals surface area contributed by atoms with Crippen molar-refractivity contribution in [3.05, 3.63) is 35.4 Å². The molecule has 0 saturated heterocycles. The Bertz CT molecular complexity index is 532. The highest BCUT2D eigenvalue weighted by molar-refractivity contribution is 5.97. The summed E-state index contributed by atoms with van der Waals surface area (Å²) in [5.74, 6) is -0.255. The second-order valence-corrected chi connectivity index (χ2v) is 6.25. The van der Waals surface area contributed by atoms with Crippen molar-refractivity contribution in [2.75, 3.05) is 19.6 Å². The number of nitrogens with zero attached hydrogens (tertiary/aromatic N) is 1. The van der Waals surface area contributed by atoms with Gasteiger partial charge in [0.1, 0.15) is 0 Å². The molecule has 1 aromatic carbocycles. The molecular weight excluding hydrogens is 292 g/mol. The van der Waals surface area contributed by atoms with E-state index in [-0.39, 0.29) is 24.3 Å². The van der Waals surface area contributed by atoms with Crippen LogP contribution in [0.1, 0.15) is 55.3 Å². The highest BCUT2D eigenvalue weighted by Crippen LogP contribution is 2.15. The quantitative estimate of drug-likeness (QED) is 0.810. The van der Waals surface area contributed by atoms with Crippen molar-refractivity contribution < 1.29 is 14.7 Å². The average Bonchev–Trinajstić information content (AvgIpc) is 2.53. The number of hydrogen-bond acceptors (Lipinski definition) is 3. The zero-order valence-corrected chi connectivity index (χ0v) is 14.7. The summed E-state index contributed by atoms with van der Waals surface area (Å²) in [5, 5.41) is 12.9. The van der Waals surface area contributed by atoms with Gasteiger partial charge in [0.2, 0.25) is 0 Å². The van der Waals surface area contributed by atoms with Crippen LogP contribution >= 0.6 is 0 Å². The van der Waals surface area contributed by atoms with E-state index < -0.39 is 5.60 Å². The molecule has 2 N–H and O–H groups in total. The first kappa shape index (κ1) is 19.2. The second kappa shape index (κ2) is 8.11. The molecule has 128 valence electrons. The smallest absolute Gasteiger partial charge is 0.253 e. The van der Waals surface area contributed by atoms with Crippen molar-refractivity contribution in [3.8, 4) is 0 Å². The van der Waals surface area contributed by atoms with Gasteiger partial charge in [0.05, 0.1) is 5.60 Å². The van der Waals surface area contributed by atoms with Gasteiger partial charge in [-0.25, -0.2) is 0 Å². The first-order chi connectivity index (χ1) is 10.7. The third-order valence-corrected chi connectivity index (χ3v) is 4.30. The second-order valence-electron chi connectivity index (χ2n) is 6.25. The monoisotopic (exact) mass is 320 g/mol. The van der Waals surface area contributed by atoms with Gasteiger partial charge in [0, 0.05) is 30.8 Å². The van der Waals surface area contributed by atoms with Crippen LogP contribution in [0.3, 0.4) is 0 Å². The van der Waals surface area contributed by atoms with Gasteiger partial charge in [-0.1, -0.05) is 13.8 Å². The summed E-state index contributed by atoms with van der Waals surface area (Å²) in [5.41, 5.74) is 0.0917. The number of carbonyl (C=O) groups excluding carboxylic acids is 2. The minimum atomic E-state index is -0.950. The minimum Gasteiger partial charge on any atom is -0.388 e. The largest absolute Gasteiger partial charge is 0.388 e. The fourth-order valence-electron chi connectivity index (χ4n) is 2.02. The van der Waals surface area contributed by atoms with E-state index in [2.05, 4.69) is 5.32 Å². The molecule has 1 unspecified atom stereocenters. The Morgan fingerprint density at radius 1 is 1.13 bits per heavy atom. The molecular formula is C18H28N2O3. The van der Waals surface area contributed by atoms with Crippen LogP contribution in [0.15, 0.2) is 24.3 Å². The Kier molecular flexibility index (Phi) is 6.76. The van der Waals surface area contributed by atoms with Crippen LogP contribution in [0.4, 0.5) is 0 Å². The predicted molar refractivity (Wildman–Crippen MR) is 91.5 cm³/mol. The molecule has 0 aromatic heterocycles. The molecule has 0 spiro atoms. The lowest BCUT2D eigenvalue weighted by Crippen LogP contribution is -2.44. The van der Waals surface area contributed by atoms with E-state index in [9.17, 15) is 14.7 Å². The molecule has 0 bridgehead atoms. The summed E-state index contributed by atoms with van der Waals surface area (Å²) in [6.45, 7) is 10.9. The van der Waals surface area contributed by atoms with Gasteiger partial charge >= 0.3 is 0 Å². The van der Waals surface area contributed by atoms with Crippen LogP contribution in [-0.4, -0.2) is 47.1 Å². The lowest BCUT2D eigenvalue weighted by Gasteiger charge is -2.27. The standard InChI is InChI=1S/C18H28N2O3/c1-6-20(7-2)17(22)15-10-8-14(9-11-15)16(21)19-12-18(5,23)13(3)4/h8-11,13,23H,6-7,12H2,1-5H3,(H,19,21). The lowest BCUT2D eigenvalue weighted by atomic mass is 9.92. The zero-order valence-electron chi connectivity index (χ0n) is 14.7. The molecule has 5 nitrogen and oxygen atoms in total. The van der Waals surface area contributed by atoms with E-state index in [0.29, 0.717) is 24.2 Å². The molecule has 1 atom stereocenters. The molecule has 1 rings (SSSR count). The van der Waals surface area contributed by atoms with E-state index >= 15 is 0 Å². The van der Waals surface area contributed by atoms with Gasteiger partial charge in [0.25, 0.3) is 11.8 Å². The molecule has 1 aromatic rings. The first-order valence-corrected chi connectivity index (χ1v) is 8.12. The normalized spacial score (nSPS) is 13.5. The summed E-state index contributed by atoms with van der Waals surface area (Å²) in [4.78, 5) is 26.1. The van der Waals surface area contributed by atoms with Crippen molar-refractivity contribution in [1.29, 1.82) is 0 Å². The number of hydrogen-bond donors (Lipinski definition) is 2. The number of benzene rings is 1. The molecule has 0 radical (unpaired) electrons. The Hall–Kier alpha value is -1.88. The van der Waals surface area contributed by atoms with Crippen LogP contribution in [0, 0.1) is 5.92 Å². The Morgan fingerprint density at radius 3 is 2.04 bits per heavy atom. The van der Waals surface area contributed by atoms with E-state index in [4.69, 9.17) is 0 Å². The maximum absolute atomic E-state index is 12.2. The van der Waals surface area contributed by atoms with Gasteiger partial charge in [-0.3, -0.25) is 9.59 Å². The van der Waals surface area contributed by atoms with Crippen LogP contribution in [0.2, 0.25) is 0 Å². The number of carbonyl (C=O) groups is 2. The van der Waals surface area contributed by atoms with Gasteiger partial charge in [-0.05, 0) is 51.0 Å². The number of rotatable bonds is 7. The molecule has 2 amide bonds. The van der Waals surface area contributed by atoms with Crippen molar-refractivity contribution >= 4 is 11.8 Å². The van der Waals surface area contributed by atoms with Gasteiger partial charge < -0.3 is 15.3 Å². The van der Waals surface area contributed by atoms with Crippen molar-refractivity contribution in [2.45, 2.75) is 40.2 Å². The lowest BCUT2D eigenvalue weighted by molar-refractivity contribution is 0.0142. The summed E-state index contributed by atoms with van der Waals surface area (Å²) in [7, 11) is 0. The molecule has 0 aliphatic rings. The SMILES string of the molecule is CCN(CC)C(=O)c1ccc(C(=O)NCC(C)(O)C(C)C)cc1. The molecule has 0 saturated carbocycles. The van der Waals surface area contributed by atoms with E-state index in [1.807, 2.05) is 27.7 Å². The third-order valence-electron chi connectivity index (χ3n) is 4.30. The first-order valence-electron chi connectivity index (χ1n) is 8.12. The van der Waals surface area contributed by atoms with Crippen molar-refractivity contribution in [3.63, 3.8) is 0 Å². The van der Waals surface area contributed by atoms with E-state index in [0.717, 1.165) is 0 Å². The van der Waals surface area contributed by atoms with Crippen LogP contribution in [-0.2, 0) is 0 Å². The van der Waals surface area contributed by atoms with Gasteiger partial charge in [-0.2, -0.15) is 0 Å². The van der Waals surface area contributed by atoms with E-state index in [1.165, 1.54) is 0 Å². The maximum Gasteiger partial charge on any atom is 0.253 e. The number of amides is 2. The highest BCUT2D eigenvalue weighted by atomic mass is 16.3. The van der Waals surface area contributed by atoms with Crippen LogP contribution in [0.5, 0.6) is 0 Å². The number of nitrogens with one attached hydrogen (secondary N) is 1. The highest BCUT2D eigenvalue weighted by Gasteiger charge is 2.25. The fraction of sp³-hybridized carbons (Fsp3) is 0.556. The molecule has 0 aliphatic carbocycles. The summed E-state index contributed by atoms with van der Waals surface area (Å²) in [6, 6.07) is 6.60. The predicted octanol–water partition coefficient (Wildman–Crippen LogP) is 2.31. The third kappa shape index (κ3) is 5.06. The summed E-state index contributed by atoms with van der Waals surface area (Å²) < 4.78 is 0. The minimum absolute atomic E-state index is 0.0373. The maximum atomic E-state index is 12.2. The fourth-order valence-corrected chi connectivity index (χ4v) is 2.02. The molecule has 0 heterocycles. The average molecular weight is 320 g/mol. The van der Waals surface area contributed by atoms with Gasteiger partial charge in [0.15, 0.2) is 0 Å². The summed E-state index contributed by atoms with van der Waals surface area (Å²) >= 11 is 0. The Labute approximate surface area is 138 Å². The van der Waals surface area contributed by atoms with Crippen LogP contribution in [0.25, 0.3) is 0 Å². The molecule has 0 aliphatic heterocycles. The topological polar surface area (TPSA) is 69.6 Å². The number of aliphatic hydroxyl groups is 1. The van der Waals surface area contributed by atoms with Crippen molar-refractivity contribution in [1.82, 2.24) is 10.2 Å². The Morgan fingerprint density at radius 2 is 1.61 bits per heavy atom. The molecule has 23 heavy (non-hydrogen) atoms. The summed E-state index contributed by atoms with van der Waals surface area (Å²) in [6.07, 6.45) is 0. The van der Waals surface area contributed by atoms with Gasteiger partial charge in [-0.15, -0.1) is 0 Å². The molecule has 5 heteroatoms. The van der Waals surface area contributed by atoms with Crippen LogP contribution < -0.4 is 5.32 Å².